The normalized spacial score (nSPS) is 11.9. The van der Waals surface area contributed by atoms with Crippen LogP contribution in [0.2, 0.25) is 0 Å². The number of rotatable bonds is 4. The average molecular weight is 268 g/mol. The van der Waals surface area contributed by atoms with Crippen LogP contribution in [-0.4, -0.2) is 5.91 Å². The highest BCUT2D eigenvalue weighted by Gasteiger charge is 2.12. The first-order valence-corrected chi connectivity index (χ1v) is 6.74. The van der Waals surface area contributed by atoms with E-state index in [2.05, 4.69) is 5.32 Å². The Morgan fingerprint density at radius 1 is 1.15 bits per heavy atom. The Bertz CT molecular complexity index is 593. The van der Waals surface area contributed by atoms with Gasteiger partial charge >= 0.3 is 0 Å². The van der Waals surface area contributed by atoms with Gasteiger partial charge in [-0.3, -0.25) is 4.79 Å². The molecule has 2 aromatic rings. The lowest BCUT2D eigenvalue weighted by Gasteiger charge is -2.13. The minimum absolute atomic E-state index is 0.0618. The third-order valence-corrected chi connectivity index (χ3v) is 3.29. The third kappa shape index (κ3) is 3.68. The van der Waals surface area contributed by atoms with Gasteiger partial charge < -0.3 is 11.1 Å². The molecule has 3 heteroatoms. The fraction of sp³-hybridized carbons (Fsp3) is 0.235. The van der Waals surface area contributed by atoms with Crippen molar-refractivity contribution in [2.45, 2.75) is 26.3 Å². The number of hydrogen-bond acceptors (Lipinski definition) is 2. The van der Waals surface area contributed by atoms with Gasteiger partial charge in [-0.15, -0.1) is 0 Å². The number of anilines is 1. The molecule has 20 heavy (non-hydrogen) atoms. The summed E-state index contributed by atoms with van der Waals surface area (Å²) in [5.74, 6) is -0.0618. The molecule has 2 rings (SSSR count). The molecular weight excluding hydrogens is 248 g/mol. The van der Waals surface area contributed by atoms with Crippen LogP contribution in [0.3, 0.4) is 0 Å². The number of carbonyl (C=O) groups is 1. The largest absolute Gasteiger partial charge is 0.326 e. The molecule has 1 atom stereocenters. The Morgan fingerprint density at radius 3 is 2.50 bits per heavy atom. The molecule has 1 unspecified atom stereocenters. The second-order valence-electron chi connectivity index (χ2n) is 5.09. The molecule has 0 bridgehead atoms. The summed E-state index contributed by atoms with van der Waals surface area (Å²) >= 11 is 0. The quantitative estimate of drug-likeness (QED) is 0.893. The molecule has 3 N–H and O–H groups in total. The van der Waals surface area contributed by atoms with Crippen molar-refractivity contribution >= 4 is 11.6 Å². The second kappa shape index (κ2) is 6.35. The highest BCUT2D eigenvalue weighted by atomic mass is 16.1. The van der Waals surface area contributed by atoms with Gasteiger partial charge in [0.2, 0.25) is 5.91 Å². The lowest BCUT2D eigenvalue weighted by molar-refractivity contribution is -0.116. The number of benzene rings is 2. The van der Waals surface area contributed by atoms with E-state index >= 15 is 0 Å². The summed E-state index contributed by atoms with van der Waals surface area (Å²) in [6.45, 7) is 4.02. The number of nitrogens with one attached hydrogen (secondary N) is 1. The van der Waals surface area contributed by atoms with Gasteiger partial charge in [-0.2, -0.15) is 0 Å². The van der Waals surface area contributed by atoms with Crippen LogP contribution in [0.1, 0.15) is 29.2 Å². The lowest BCUT2D eigenvalue weighted by Crippen LogP contribution is -2.20. The molecule has 1 amide bonds. The van der Waals surface area contributed by atoms with Gasteiger partial charge in [0.05, 0.1) is 0 Å². The van der Waals surface area contributed by atoms with Crippen LogP contribution in [0.15, 0.2) is 48.5 Å². The zero-order chi connectivity index (χ0) is 14.5. The van der Waals surface area contributed by atoms with Gasteiger partial charge in [-0.25, -0.2) is 0 Å². The van der Waals surface area contributed by atoms with Crippen molar-refractivity contribution in [2.75, 3.05) is 5.32 Å². The molecule has 0 aliphatic heterocycles. The van der Waals surface area contributed by atoms with Gasteiger partial charge in [0, 0.05) is 18.2 Å². The average Bonchev–Trinajstić information content (AvgIpc) is 2.43. The Labute approximate surface area is 119 Å². The van der Waals surface area contributed by atoms with Crippen molar-refractivity contribution in [2.24, 2.45) is 5.73 Å². The van der Waals surface area contributed by atoms with E-state index < -0.39 is 0 Å². The zero-order valence-corrected chi connectivity index (χ0v) is 11.9. The van der Waals surface area contributed by atoms with Gasteiger partial charge in [-0.05, 0) is 31.0 Å². The summed E-state index contributed by atoms with van der Waals surface area (Å²) in [4.78, 5) is 12.0. The molecule has 0 saturated carbocycles. The Kier molecular flexibility index (Phi) is 4.53. The van der Waals surface area contributed by atoms with Crippen LogP contribution in [0.5, 0.6) is 0 Å². The van der Waals surface area contributed by atoms with Gasteiger partial charge in [0.25, 0.3) is 0 Å². The molecule has 0 radical (unpaired) electrons. The summed E-state index contributed by atoms with van der Waals surface area (Å²) in [6, 6.07) is 15.4. The van der Waals surface area contributed by atoms with Crippen molar-refractivity contribution in [3.63, 3.8) is 0 Å². The molecule has 0 saturated heterocycles. The monoisotopic (exact) mass is 268 g/mol. The molecular formula is C17H20N2O. The van der Waals surface area contributed by atoms with Gasteiger partial charge in [-0.1, -0.05) is 48.0 Å². The fourth-order valence-corrected chi connectivity index (χ4v) is 2.17. The SMILES string of the molecule is Cc1ccc(NC(=O)CC(N)c2ccccc2)c(C)c1. The molecule has 0 heterocycles. The molecule has 0 aliphatic carbocycles. The predicted octanol–water partition coefficient (Wildman–Crippen LogP) is 3.33. The van der Waals surface area contributed by atoms with Crippen LogP contribution >= 0.6 is 0 Å². The first kappa shape index (κ1) is 14.3. The van der Waals surface area contributed by atoms with E-state index in [0.29, 0.717) is 0 Å². The van der Waals surface area contributed by atoms with Crippen LogP contribution in [0.4, 0.5) is 5.69 Å². The van der Waals surface area contributed by atoms with E-state index in [1.807, 2.05) is 62.4 Å². The number of hydrogen-bond donors (Lipinski definition) is 2. The summed E-state index contributed by atoms with van der Waals surface area (Å²) in [5.41, 5.74) is 10.1. The van der Waals surface area contributed by atoms with Crippen molar-refractivity contribution in [1.29, 1.82) is 0 Å². The van der Waals surface area contributed by atoms with Gasteiger partial charge in [0.15, 0.2) is 0 Å². The highest BCUT2D eigenvalue weighted by Crippen LogP contribution is 2.18. The zero-order valence-electron chi connectivity index (χ0n) is 11.9. The first-order valence-electron chi connectivity index (χ1n) is 6.74. The fourth-order valence-electron chi connectivity index (χ4n) is 2.17. The van der Waals surface area contributed by atoms with Crippen molar-refractivity contribution in [1.82, 2.24) is 0 Å². The van der Waals surface area contributed by atoms with E-state index in [1.165, 1.54) is 5.56 Å². The summed E-state index contributed by atoms with van der Waals surface area (Å²) < 4.78 is 0. The van der Waals surface area contributed by atoms with E-state index in [1.54, 1.807) is 0 Å². The van der Waals surface area contributed by atoms with Crippen LogP contribution < -0.4 is 11.1 Å². The Balaban J connectivity index is 1.99. The van der Waals surface area contributed by atoms with Crippen molar-refractivity contribution < 1.29 is 4.79 Å². The smallest absolute Gasteiger partial charge is 0.226 e. The molecule has 3 nitrogen and oxygen atoms in total. The van der Waals surface area contributed by atoms with E-state index in [-0.39, 0.29) is 18.4 Å². The Morgan fingerprint density at radius 2 is 1.85 bits per heavy atom. The second-order valence-corrected chi connectivity index (χ2v) is 5.09. The van der Waals surface area contributed by atoms with E-state index in [9.17, 15) is 4.79 Å². The van der Waals surface area contributed by atoms with Crippen molar-refractivity contribution in [3.05, 3.63) is 65.2 Å². The van der Waals surface area contributed by atoms with Crippen LogP contribution in [0, 0.1) is 13.8 Å². The van der Waals surface area contributed by atoms with Crippen molar-refractivity contribution in [3.8, 4) is 0 Å². The maximum Gasteiger partial charge on any atom is 0.226 e. The summed E-state index contributed by atoms with van der Waals surface area (Å²) in [6.07, 6.45) is 0.275. The summed E-state index contributed by atoms with van der Waals surface area (Å²) in [7, 11) is 0. The molecule has 0 spiro atoms. The number of aryl methyl sites for hydroxylation is 2. The molecule has 0 aliphatic rings. The maximum absolute atomic E-state index is 12.0. The number of amides is 1. The topological polar surface area (TPSA) is 55.1 Å². The number of nitrogens with two attached hydrogens (primary N) is 1. The maximum atomic E-state index is 12.0. The molecule has 0 fully saturated rings. The first-order chi connectivity index (χ1) is 9.56. The lowest BCUT2D eigenvalue weighted by atomic mass is 10.0. The predicted molar refractivity (Wildman–Crippen MR) is 82.5 cm³/mol. The summed E-state index contributed by atoms with van der Waals surface area (Å²) in [5, 5.41) is 2.92. The van der Waals surface area contributed by atoms with Gasteiger partial charge in [0.1, 0.15) is 0 Å². The van der Waals surface area contributed by atoms with Crippen LogP contribution in [-0.2, 0) is 4.79 Å². The molecule has 2 aromatic carbocycles. The third-order valence-electron chi connectivity index (χ3n) is 3.29. The minimum atomic E-state index is -0.276. The highest BCUT2D eigenvalue weighted by molar-refractivity contribution is 5.92. The van der Waals surface area contributed by atoms with E-state index in [4.69, 9.17) is 5.73 Å². The molecule has 0 aromatic heterocycles. The van der Waals surface area contributed by atoms with Crippen LogP contribution in [0.25, 0.3) is 0 Å². The Hall–Kier alpha value is -2.13. The van der Waals surface area contributed by atoms with E-state index in [0.717, 1.165) is 16.8 Å². The number of carbonyl (C=O) groups excluding carboxylic acids is 1. The standard InChI is InChI=1S/C17H20N2O/c1-12-8-9-16(13(2)10-12)19-17(20)11-15(18)14-6-4-3-5-7-14/h3-10,15H,11,18H2,1-2H3,(H,19,20). The molecule has 104 valence electrons. The minimum Gasteiger partial charge on any atom is -0.326 e.